The van der Waals surface area contributed by atoms with E-state index in [1.165, 1.54) is 30.0 Å². The minimum atomic E-state index is -0.521. The van der Waals surface area contributed by atoms with Gasteiger partial charge in [0.1, 0.15) is 5.75 Å². The average Bonchev–Trinajstić information content (AvgIpc) is 2.61. The van der Waals surface area contributed by atoms with Crippen molar-refractivity contribution in [3.8, 4) is 5.75 Å². The van der Waals surface area contributed by atoms with Gasteiger partial charge in [0.05, 0.1) is 4.92 Å². The van der Waals surface area contributed by atoms with E-state index in [0.717, 1.165) is 0 Å². The second-order valence-corrected chi connectivity index (χ2v) is 6.06. The highest BCUT2D eigenvalue weighted by Gasteiger charge is 2.15. The number of nitro benzene ring substituents is 1. The Morgan fingerprint density at radius 1 is 1.23 bits per heavy atom. The lowest BCUT2D eigenvalue weighted by molar-refractivity contribution is -0.384. The Labute approximate surface area is 155 Å². The number of nitro groups is 1. The summed E-state index contributed by atoms with van der Waals surface area (Å²) in [6.07, 6.45) is 0. The molecule has 0 saturated heterocycles. The molecule has 0 spiro atoms. The van der Waals surface area contributed by atoms with Crippen molar-refractivity contribution in [1.29, 1.82) is 0 Å². The molecule has 8 heteroatoms. The van der Waals surface area contributed by atoms with Crippen LogP contribution >= 0.6 is 11.6 Å². The van der Waals surface area contributed by atoms with E-state index in [1.54, 1.807) is 31.3 Å². The second kappa shape index (κ2) is 8.44. The Kier molecular flexibility index (Phi) is 6.30. The Hall–Kier alpha value is -2.93. The standard InChI is InChI=1S/C18H17ClN2O5/c1-12(22)13-4-3-5-16(9-13)26-11-18(23)20(2)10-14-8-15(21(24)25)6-7-17(14)19/h3-9H,10-11H2,1-2H3. The molecule has 0 atom stereocenters. The van der Waals surface area contributed by atoms with Gasteiger partial charge in [0, 0.05) is 36.3 Å². The molecule has 0 aliphatic carbocycles. The summed E-state index contributed by atoms with van der Waals surface area (Å²) in [5, 5.41) is 11.2. The summed E-state index contributed by atoms with van der Waals surface area (Å²) in [4.78, 5) is 35.3. The van der Waals surface area contributed by atoms with E-state index in [2.05, 4.69) is 0 Å². The van der Waals surface area contributed by atoms with E-state index >= 15 is 0 Å². The van der Waals surface area contributed by atoms with Crippen LogP contribution in [0, 0.1) is 10.1 Å². The van der Waals surface area contributed by atoms with Gasteiger partial charge >= 0.3 is 0 Å². The Morgan fingerprint density at radius 2 is 1.96 bits per heavy atom. The van der Waals surface area contributed by atoms with Gasteiger partial charge in [-0.1, -0.05) is 23.7 Å². The molecule has 2 aromatic carbocycles. The number of carbonyl (C=O) groups is 2. The van der Waals surface area contributed by atoms with Crippen LogP contribution in [0.2, 0.25) is 5.02 Å². The topological polar surface area (TPSA) is 89.8 Å². The molecule has 0 aliphatic rings. The first-order valence-corrected chi connectivity index (χ1v) is 8.06. The van der Waals surface area contributed by atoms with E-state index in [9.17, 15) is 19.7 Å². The third-order valence-corrected chi connectivity index (χ3v) is 4.04. The van der Waals surface area contributed by atoms with Crippen molar-refractivity contribution in [2.45, 2.75) is 13.5 Å². The Morgan fingerprint density at radius 3 is 2.62 bits per heavy atom. The molecule has 2 aromatic rings. The van der Waals surface area contributed by atoms with Gasteiger partial charge in [-0.2, -0.15) is 0 Å². The Balaban J connectivity index is 2.00. The molecule has 136 valence electrons. The van der Waals surface area contributed by atoms with E-state index < -0.39 is 4.92 Å². The largest absolute Gasteiger partial charge is 0.484 e. The molecule has 0 aromatic heterocycles. The number of hydrogen-bond acceptors (Lipinski definition) is 5. The zero-order valence-electron chi connectivity index (χ0n) is 14.3. The summed E-state index contributed by atoms with van der Waals surface area (Å²) in [6.45, 7) is 1.32. The fraction of sp³-hybridized carbons (Fsp3) is 0.222. The fourth-order valence-corrected chi connectivity index (χ4v) is 2.38. The lowest BCUT2D eigenvalue weighted by Gasteiger charge is -2.18. The monoisotopic (exact) mass is 376 g/mol. The highest BCUT2D eigenvalue weighted by atomic mass is 35.5. The molecule has 0 fully saturated rings. The summed E-state index contributed by atoms with van der Waals surface area (Å²) < 4.78 is 5.43. The smallest absolute Gasteiger partial charge is 0.269 e. The summed E-state index contributed by atoms with van der Waals surface area (Å²) in [5.41, 5.74) is 0.865. The molecule has 0 bridgehead atoms. The van der Waals surface area contributed by atoms with Crippen molar-refractivity contribution < 1.29 is 19.2 Å². The molecule has 0 N–H and O–H groups in total. The van der Waals surface area contributed by atoms with Crippen LogP contribution in [0.4, 0.5) is 5.69 Å². The predicted octanol–water partition coefficient (Wildman–Crippen LogP) is 3.49. The zero-order valence-corrected chi connectivity index (χ0v) is 15.0. The number of Topliss-reactive ketones (excluding diaryl/α,β-unsaturated/α-hetero) is 1. The normalized spacial score (nSPS) is 10.3. The van der Waals surface area contributed by atoms with Gasteiger partial charge in [-0.05, 0) is 30.7 Å². The van der Waals surface area contributed by atoms with E-state index in [4.69, 9.17) is 16.3 Å². The van der Waals surface area contributed by atoms with Crippen molar-refractivity contribution in [3.05, 3.63) is 68.7 Å². The molecule has 0 radical (unpaired) electrons. The molecule has 7 nitrogen and oxygen atoms in total. The molecule has 2 rings (SSSR count). The van der Waals surface area contributed by atoms with Gasteiger partial charge in [-0.25, -0.2) is 0 Å². The molecule has 0 aliphatic heterocycles. The molecule has 0 heterocycles. The average molecular weight is 377 g/mol. The highest BCUT2D eigenvalue weighted by Crippen LogP contribution is 2.23. The van der Waals surface area contributed by atoms with Crippen LogP contribution in [0.25, 0.3) is 0 Å². The SMILES string of the molecule is CC(=O)c1cccc(OCC(=O)N(C)Cc2cc([N+](=O)[O-])ccc2Cl)c1. The van der Waals surface area contributed by atoms with Crippen molar-refractivity contribution in [3.63, 3.8) is 0 Å². The number of amides is 1. The Bertz CT molecular complexity index is 853. The van der Waals surface area contributed by atoms with Crippen LogP contribution in [0.3, 0.4) is 0 Å². The second-order valence-electron chi connectivity index (χ2n) is 5.66. The maximum Gasteiger partial charge on any atom is 0.269 e. The van der Waals surface area contributed by atoms with Crippen LogP contribution in [-0.2, 0) is 11.3 Å². The van der Waals surface area contributed by atoms with Gasteiger partial charge in [0.2, 0.25) is 0 Å². The number of ether oxygens (including phenoxy) is 1. The number of carbonyl (C=O) groups excluding carboxylic acids is 2. The number of halogens is 1. The molecule has 26 heavy (non-hydrogen) atoms. The van der Waals surface area contributed by atoms with Gasteiger partial charge in [-0.15, -0.1) is 0 Å². The number of non-ortho nitro benzene ring substituents is 1. The van der Waals surface area contributed by atoms with Gasteiger partial charge < -0.3 is 9.64 Å². The third-order valence-electron chi connectivity index (χ3n) is 3.68. The maximum atomic E-state index is 12.2. The number of nitrogens with zero attached hydrogens (tertiary/aromatic N) is 2. The van der Waals surface area contributed by atoms with Crippen LogP contribution in [-0.4, -0.2) is 35.2 Å². The minimum Gasteiger partial charge on any atom is -0.484 e. The highest BCUT2D eigenvalue weighted by molar-refractivity contribution is 6.31. The predicted molar refractivity (Wildman–Crippen MR) is 96.5 cm³/mol. The van der Waals surface area contributed by atoms with E-state index in [0.29, 0.717) is 21.9 Å². The van der Waals surface area contributed by atoms with Crippen LogP contribution in [0.1, 0.15) is 22.8 Å². The molecular weight excluding hydrogens is 360 g/mol. The molecule has 0 saturated carbocycles. The van der Waals surface area contributed by atoms with Crippen LogP contribution < -0.4 is 4.74 Å². The lowest BCUT2D eigenvalue weighted by Crippen LogP contribution is -2.31. The minimum absolute atomic E-state index is 0.0949. The number of rotatable bonds is 7. The summed E-state index contributed by atoms with van der Waals surface area (Å²) >= 11 is 6.05. The first-order chi connectivity index (χ1) is 12.3. The van der Waals surface area contributed by atoms with Gasteiger partial charge in [0.15, 0.2) is 12.4 Å². The van der Waals surface area contributed by atoms with E-state index in [1.807, 2.05) is 0 Å². The summed E-state index contributed by atoms with van der Waals surface area (Å²) in [5.74, 6) is -0.0205. The molecule has 0 unspecified atom stereocenters. The molecule has 1 amide bonds. The van der Waals surface area contributed by atoms with Crippen LogP contribution in [0.15, 0.2) is 42.5 Å². The zero-order chi connectivity index (χ0) is 19.3. The van der Waals surface area contributed by atoms with Crippen molar-refractivity contribution in [2.75, 3.05) is 13.7 Å². The van der Waals surface area contributed by atoms with Crippen LogP contribution in [0.5, 0.6) is 5.75 Å². The lowest BCUT2D eigenvalue weighted by atomic mass is 10.1. The number of benzene rings is 2. The summed E-state index contributed by atoms with van der Waals surface area (Å²) in [7, 11) is 1.55. The first-order valence-electron chi connectivity index (χ1n) is 7.68. The van der Waals surface area contributed by atoms with Crippen molar-refractivity contribution in [1.82, 2.24) is 4.90 Å². The quantitative estimate of drug-likeness (QED) is 0.419. The third kappa shape index (κ3) is 5.03. The fourth-order valence-electron chi connectivity index (χ4n) is 2.20. The van der Waals surface area contributed by atoms with Crippen molar-refractivity contribution >= 4 is 29.0 Å². The summed E-state index contributed by atoms with van der Waals surface area (Å²) in [6, 6.07) is 10.6. The number of hydrogen-bond donors (Lipinski definition) is 0. The first kappa shape index (κ1) is 19.4. The molecular formula is C18H17ClN2O5. The van der Waals surface area contributed by atoms with Gasteiger partial charge in [0.25, 0.3) is 11.6 Å². The van der Waals surface area contributed by atoms with Crippen molar-refractivity contribution in [2.24, 2.45) is 0 Å². The van der Waals surface area contributed by atoms with Gasteiger partial charge in [-0.3, -0.25) is 19.7 Å². The number of likely N-dealkylation sites (N-methyl/N-ethyl adjacent to an activating group) is 1. The maximum absolute atomic E-state index is 12.2. The van der Waals surface area contributed by atoms with E-state index in [-0.39, 0.29) is 30.5 Å². The number of ketones is 1.